The molecule has 2 aliphatic rings. The molecule has 1 aliphatic heterocycles. The van der Waals surface area contributed by atoms with Crippen molar-refractivity contribution in [2.24, 2.45) is 23.7 Å². The smallest absolute Gasteiger partial charge is 0.261 e. The number of benzene rings is 1. The first-order valence-electron chi connectivity index (χ1n) is 14.5. The van der Waals surface area contributed by atoms with E-state index in [0.29, 0.717) is 72.8 Å². The van der Waals surface area contributed by atoms with Gasteiger partial charge < -0.3 is 4.90 Å². The standard InChI is InChI=1S/C31H41N5O3/c1-6-38-39-19-23-14-16-35(17-15-23)31(37)28-27(32-5)26(18-25-21(3)8-7-9-22(25)4)30-33-29(34-36(28)30)24-12-10-20(2)11-13-24/h10-13,21-23,25H,6-9,14-19H2,1-4H3,(H,33,34). The Hall–Kier alpha value is -3.15. The maximum Gasteiger partial charge on any atom is 0.261 e. The fraction of sp³-hybridized carbons (Fsp3) is 0.581. The van der Waals surface area contributed by atoms with Crippen molar-refractivity contribution in [1.82, 2.24) is 19.5 Å². The monoisotopic (exact) mass is 531 g/mol. The van der Waals surface area contributed by atoms with Gasteiger partial charge in [-0.05, 0) is 56.8 Å². The van der Waals surface area contributed by atoms with Crippen LogP contribution >= 0.6 is 0 Å². The van der Waals surface area contributed by atoms with Gasteiger partial charge in [-0.2, -0.15) is 0 Å². The Morgan fingerprint density at radius 3 is 2.44 bits per heavy atom. The number of piperidine rings is 1. The van der Waals surface area contributed by atoms with Gasteiger partial charge in [0.25, 0.3) is 5.91 Å². The molecule has 1 N–H and O–H groups in total. The van der Waals surface area contributed by atoms with Gasteiger partial charge >= 0.3 is 0 Å². The van der Waals surface area contributed by atoms with Gasteiger partial charge in [0, 0.05) is 24.2 Å². The molecule has 3 heterocycles. The van der Waals surface area contributed by atoms with E-state index in [4.69, 9.17) is 21.3 Å². The Balaban J connectivity index is 1.51. The van der Waals surface area contributed by atoms with Crippen LogP contribution in [0.5, 0.6) is 0 Å². The van der Waals surface area contributed by atoms with Gasteiger partial charge in [-0.25, -0.2) is 24.1 Å². The van der Waals surface area contributed by atoms with Crippen molar-refractivity contribution >= 4 is 17.2 Å². The van der Waals surface area contributed by atoms with Crippen molar-refractivity contribution in [1.29, 1.82) is 0 Å². The molecule has 3 aromatic rings. The van der Waals surface area contributed by atoms with Crippen LogP contribution in [-0.2, 0) is 16.2 Å². The highest BCUT2D eigenvalue weighted by Crippen LogP contribution is 2.41. The minimum absolute atomic E-state index is 0.102. The zero-order chi connectivity index (χ0) is 27.5. The number of carbonyl (C=O) groups excluding carboxylic acids is 1. The lowest BCUT2D eigenvalue weighted by molar-refractivity contribution is -0.299. The van der Waals surface area contributed by atoms with E-state index in [0.717, 1.165) is 30.4 Å². The molecule has 1 saturated carbocycles. The maximum atomic E-state index is 14.0. The summed E-state index contributed by atoms with van der Waals surface area (Å²) in [4.78, 5) is 35.2. The molecule has 39 heavy (non-hydrogen) atoms. The van der Waals surface area contributed by atoms with Gasteiger partial charge in [-0.15, -0.1) is 0 Å². The number of H-pyrrole nitrogens is 1. The molecule has 1 saturated heterocycles. The van der Waals surface area contributed by atoms with Crippen molar-refractivity contribution in [3.63, 3.8) is 0 Å². The summed E-state index contributed by atoms with van der Waals surface area (Å²) in [5, 5.41) is 3.40. The van der Waals surface area contributed by atoms with Gasteiger partial charge in [-0.1, -0.05) is 62.9 Å². The number of amides is 1. The van der Waals surface area contributed by atoms with E-state index in [1.54, 1.807) is 4.52 Å². The maximum absolute atomic E-state index is 14.0. The van der Waals surface area contributed by atoms with Crippen LogP contribution in [0.3, 0.4) is 0 Å². The molecule has 0 bridgehead atoms. The third-order valence-electron chi connectivity index (χ3n) is 8.92. The minimum Gasteiger partial charge on any atom is -0.338 e. The van der Waals surface area contributed by atoms with Crippen molar-refractivity contribution < 1.29 is 14.6 Å². The summed E-state index contributed by atoms with van der Waals surface area (Å²) in [7, 11) is 0. The number of nitrogens with one attached hydrogen (secondary N) is 1. The summed E-state index contributed by atoms with van der Waals surface area (Å²) in [6.45, 7) is 19.1. The number of hydrogen-bond donors (Lipinski definition) is 1. The first kappa shape index (κ1) is 27.4. The Morgan fingerprint density at radius 1 is 1.10 bits per heavy atom. The molecule has 1 aliphatic carbocycles. The number of aryl methyl sites for hydroxylation is 1. The zero-order valence-corrected chi connectivity index (χ0v) is 23.7. The lowest BCUT2D eigenvalue weighted by atomic mass is 9.71. The summed E-state index contributed by atoms with van der Waals surface area (Å²) in [5.41, 5.74) is 4.65. The molecule has 2 atom stereocenters. The third kappa shape index (κ3) is 5.61. The van der Waals surface area contributed by atoms with E-state index in [1.807, 2.05) is 24.0 Å². The Labute approximate surface area is 231 Å². The van der Waals surface area contributed by atoms with Crippen molar-refractivity contribution in [2.75, 3.05) is 26.3 Å². The molecule has 0 spiro atoms. The lowest BCUT2D eigenvalue weighted by Crippen LogP contribution is -2.40. The minimum atomic E-state index is -0.102. The number of carbonyl (C=O) groups is 1. The van der Waals surface area contributed by atoms with Gasteiger partial charge in [0.15, 0.2) is 5.82 Å². The van der Waals surface area contributed by atoms with E-state index >= 15 is 0 Å². The average Bonchev–Trinajstić information content (AvgIpc) is 3.48. The third-order valence-corrected chi connectivity index (χ3v) is 8.92. The van der Waals surface area contributed by atoms with Crippen LogP contribution in [0, 0.1) is 37.2 Å². The molecule has 1 aromatic carbocycles. The molecule has 8 nitrogen and oxygen atoms in total. The summed E-state index contributed by atoms with van der Waals surface area (Å²) >= 11 is 0. The van der Waals surface area contributed by atoms with Crippen LogP contribution in [-0.4, -0.2) is 51.7 Å². The van der Waals surface area contributed by atoms with Gasteiger partial charge in [-0.3, -0.25) is 9.89 Å². The number of likely N-dealkylation sites (tertiary alicyclic amines) is 1. The first-order chi connectivity index (χ1) is 18.9. The van der Waals surface area contributed by atoms with E-state index < -0.39 is 0 Å². The molecule has 2 aromatic heterocycles. The van der Waals surface area contributed by atoms with Crippen LogP contribution in [0.2, 0.25) is 0 Å². The Kier molecular flexibility index (Phi) is 8.39. The highest BCUT2D eigenvalue weighted by molar-refractivity contribution is 6.01. The lowest BCUT2D eigenvalue weighted by Gasteiger charge is -2.34. The SMILES string of the molecule is [C-]#[N+]c1c(CC2C(C)CCCC2C)c2nc(-c3ccc(C)cc3)[nH]n2c1C(=O)N1CCC(COOCC)CC1. The molecule has 208 valence electrons. The highest BCUT2D eigenvalue weighted by atomic mass is 17.2. The average molecular weight is 532 g/mol. The quantitative estimate of drug-likeness (QED) is 0.153. The van der Waals surface area contributed by atoms with Gasteiger partial charge in [0.1, 0.15) is 11.3 Å². The summed E-state index contributed by atoms with van der Waals surface area (Å²) < 4.78 is 1.79. The van der Waals surface area contributed by atoms with Crippen LogP contribution in [0.15, 0.2) is 24.3 Å². The fourth-order valence-corrected chi connectivity index (χ4v) is 6.47. The Morgan fingerprint density at radius 2 is 1.79 bits per heavy atom. The fourth-order valence-electron chi connectivity index (χ4n) is 6.47. The van der Waals surface area contributed by atoms with Crippen LogP contribution in [0.25, 0.3) is 21.9 Å². The van der Waals surface area contributed by atoms with E-state index in [1.165, 1.54) is 24.8 Å². The van der Waals surface area contributed by atoms with E-state index in [-0.39, 0.29) is 5.91 Å². The molecule has 1 amide bonds. The van der Waals surface area contributed by atoms with E-state index in [2.05, 4.69) is 42.8 Å². The number of aromatic amines is 1. The number of nitrogens with zero attached hydrogens (tertiary/aromatic N) is 4. The molecular weight excluding hydrogens is 490 g/mol. The van der Waals surface area contributed by atoms with Crippen LogP contribution in [0.1, 0.15) is 74.5 Å². The molecule has 5 rings (SSSR count). The predicted octanol–water partition coefficient (Wildman–Crippen LogP) is 6.62. The predicted molar refractivity (Wildman–Crippen MR) is 152 cm³/mol. The van der Waals surface area contributed by atoms with Crippen LogP contribution < -0.4 is 0 Å². The van der Waals surface area contributed by atoms with Crippen LogP contribution in [0.4, 0.5) is 5.69 Å². The Bertz CT molecular complexity index is 1320. The molecule has 8 heteroatoms. The van der Waals surface area contributed by atoms with Gasteiger partial charge in [0.2, 0.25) is 5.69 Å². The van der Waals surface area contributed by atoms with Gasteiger partial charge in [0.05, 0.1) is 19.8 Å². The second kappa shape index (κ2) is 11.9. The van der Waals surface area contributed by atoms with Crippen molar-refractivity contribution in [3.05, 3.63) is 52.5 Å². The summed E-state index contributed by atoms with van der Waals surface area (Å²) in [6, 6.07) is 8.22. The van der Waals surface area contributed by atoms with Crippen molar-refractivity contribution in [3.8, 4) is 11.4 Å². The number of aromatic nitrogens is 3. The van der Waals surface area contributed by atoms with E-state index in [9.17, 15) is 4.79 Å². The second-order valence-electron chi connectivity index (χ2n) is 11.6. The second-order valence-corrected chi connectivity index (χ2v) is 11.6. The largest absolute Gasteiger partial charge is 0.338 e. The van der Waals surface area contributed by atoms with Crippen molar-refractivity contribution in [2.45, 2.75) is 66.2 Å². The first-order valence-corrected chi connectivity index (χ1v) is 14.5. The molecule has 2 unspecified atom stereocenters. The topological polar surface area (TPSA) is 76.2 Å². The molecular formula is C31H41N5O3. The summed E-state index contributed by atoms with van der Waals surface area (Å²) in [5.74, 6) is 2.60. The highest BCUT2D eigenvalue weighted by Gasteiger charge is 2.35. The number of hydrogen-bond acceptors (Lipinski definition) is 4. The zero-order valence-electron chi connectivity index (χ0n) is 23.7. The molecule has 0 radical (unpaired) electrons. The summed E-state index contributed by atoms with van der Waals surface area (Å²) in [6.07, 6.45) is 6.15. The molecule has 2 fully saturated rings. The normalized spacial score (nSPS) is 22.3. The number of fused-ring (bicyclic) bond motifs is 1. The number of rotatable bonds is 8.